The standard InChI is InChI=1S/C6H11NO/c1-4(8)5-2-6(7)3-5/h5-6H,2-3,7H2,1H3. The summed E-state index contributed by atoms with van der Waals surface area (Å²) in [5.41, 5.74) is 5.45. The smallest absolute Gasteiger partial charge is 0.133 e. The van der Waals surface area contributed by atoms with Crippen molar-refractivity contribution in [3.05, 3.63) is 0 Å². The Morgan fingerprint density at radius 1 is 1.62 bits per heavy atom. The van der Waals surface area contributed by atoms with E-state index in [1.54, 1.807) is 6.92 Å². The van der Waals surface area contributed by atoms with Crippen molar-refractivity contribution >= 4 is 5.78 Å². The number of carbonyl (C=O) groups is 1. The van der Waals surface area contributed by atoms with Crippen molar-refractivity contribution in [3.8, 4) is 0 Å². The molecule has 8 heavy (non-hydrogen) atoms. The number of hydrogen-bond acceptors (Lipinski definition) is 2. The molecule has 0 spiro atoms. The summed E-state index contributed by atoms with van der Waals surface area (Å²) in [6.45, 7) is 1.64. The molecule has 0 aromatic heterocycles. The van der Waals surface area contributed by atoms with Crippen molar-refractivity contribution in [1.29, 1.82) is 0 Å². The Kier molecular flexibility index (Phi) is 1.34. The van der Waals surface area contributed by atoms with Gasteiger partial charge in [-0.3, -0.25) is 4.79 Å². The molecule has 46 valence electrons. The highest BCUT2D eigenvalue weighted by atomic mass is 16.1. The van der Waals surface area contributed by atoms with Gasteiger partial charge in [-0.1, -0.05) is 0 Å². The van der Waals surface area contributed by atoms with Gasteiger partial charge in [0.05, 0.1) is 0 Å². The van der Waals surface area contributed by atoms with Gasteiger partial charge in [-0.2, -0.15) is 0 Å². The topological polar surface area (TPSA) is 43.1 Å². The van der Waals surface area contributed by atoms with Crippen molar-refractivity contribution in [2.75, 3.05) is 0 Å². The molecule has 1 saturated carbocycles. The Morgan fingerprint density at radius 2 is 2.12 bits per heavy atom. The van der Waals surface area contributed by atoms with E-state index in [-0.39, 0.29) is 0 Å². The lowest BCUT2D eigenvalue weighted by atomic mass is 9.79. The first-order valence-electron chi connectivity index (χ1n) is 2.96. The molecule has 0 aromatic rings. The fourth-order valence-corrected chi connectivity index (χ4v) is 0.994. The van der Waals surface area contributed by atoms with Crippen LogP contribution in [0.4, 0.5) is 0 Å². The molecule has 2 nitrogen and oxygen atoms in total. The maximum Gasteiger partial charge on any atom is 0.133 e. The Hall–Kier alpha value is -0.370. The first-order valence-corrected chi connectivity index (χ1v) is 2.96. The van der Waals surface area contributed by atoms with Crippen LogP contribution < -0.4 is 5.73 Å². The molecule has 0 amide bonds. The predicted octanol–water partition coefficient (Wildman–Crippen LogP) is 0.313. The van der Waals surface area contributed by atoms with Crippen molar-refractivity contribution < 1.29 is 4.79 Å². The van der Waals surface area contributed by atoms with E-state index < -0.39 is 0 Å². The van der Waals surface area contributed by atoms with E-state index in [0.29, 0.717) is 17.7 Å². The minimum atomic E-state index is 0.296. The van der Waals surface area contributed by atoms with E-state index in [9.17, 15) is 4.79 Å². The molecule has 0 aliphatic heterocycles. The van der Waals surface area contributed by atoms with E-state index in [1.807, 2.05) is 0 Å². The van der Waals surface area contributed by atoms with Crippen molar-refractivity contribution in [2.24, 2.45) is 11.7 Å². The fraction of sp³-hybridized carbons (Fsp3) is 0.833. The number of rotatable bonds is 1. The van der Waals surface area contributed by atoms with Crippen LogP contribution in [-0.4, -0.2) is 11.8 Å². The third-order valence-electron chi connectivity index (χ3n) is 1.75. The molecule has 0 bridgehead atoms. The van der Waals surface area contributed by atoms with Gasteiger partial charge in [0.25, 0.3) is 0 Å². The third-order valence-corrected chi connectivity index (χ3v) is 1.75. The van der Waals surface area contributed by atoms with Gasteiger partial charge in [-0.25, -0.2) is 0 Å². The number of hydrogen-bond donors (Lipinski definition) is 1. The van der Waals surface area contributed by atoms with Gasteiger partial charge in [0.2, 0.25) is 0 Å². The second-order valence-corrected chi connectivity index (χ2v) is 2.54. The molecule has 1 aliphatic rings. The Bertz CT molecular complexity index is 105. The van der Waals surface area contributed by atoms with Gasteiger partial charge in [0.15, 0.2) is 0 Å². The first kappa shape index (κ1) is 5.76. The molecular formula is C6H11NO. The van der Waals surface area contributed by atoms with Gasteiger partial charge in [-0.05, 0) is 19.8 Å². The van der Waals surface area contributed by atoms with Crippen LogP contribution in [0.2, 0.25) is 0 Å². The van der Waals surface area contributed by atoms with Gasteiger partial charge in [-0.15, -0.1) is 0 Å². The summed E-state index contributed by atoms with van der Waals surface area (Å²) in [6, 6.07) is 0.309. The lowest BCUT2D eigenvalue weighted by Gasteiger charge is -2.29. The highest BCUT2D eigenvalue weighted by molar-refractivity contribution is 5.79. The minimum absolute atomic E-state index is 0.296. The molecular weight excluding hydrogens is 102 g/mol. The van der Waals surface area contributed by atoms with Crippen molar-refractivity contribution in [1.82, 2.24) is 0 Å². The molecule has 0 heterocycles. The van der Waals surface area contributed by atoms with Crippen LogP contribution in [0.5, 0.6) is 0 Å². The summed E-state index contributed by atoms with van der Waals surface area (Å²) in [5, 5.41) is 0. The van der Waals surface area contributed by atoms with Crippen LogP contribution in [-0.2, 0) is 4.79 Å². The van der Waals surface area contributed by atoms with Crippen LogP contribution in [0.3, 0.4) is 0 Å². The van der Waals surface area contributed by atoms with Crippen molar-refractivity contribution in [2.45, 2.75) is 25.8 Å². The van der Waals surface area contributed by atoms with Crippen LogP contribution in [0.25, 0.3) is 0 Å². The zero-order valence-electron chi connectivity index (χ0n) is 5.05. The maximum absolute atomic E-state index is 10.5. The number of carbonyl (C=O) groups excluding carboxylic acids is 1. The highest BCUT2D eigenvalue weighted by Crippen LogP contribution is 2.25. The summed E-state index contributed by atoms with van der Waals surface area (Å²) in [7, 11) is 0. The average molecular weight is 113 g/mol. The number of Topliss-reactive ketones (excluding diaryl/α,β-unsaturated/α-hetero) is 1. The zero-order valence-corrected chi connectivity index (χ0v) is 5.05. The SMILES string of the molecule is CC(=O)C1CC(N)C1. The Balaban J connectivity index is 2.25. The normalized spacial score (nSPS) is 36.2. The lowest BCUT2D eigenvalue weighted by molar-refractivity contribution is -0.123. The van der Waals surface area contributed by atoms with E-state index in [1.165, 1.54) is 0 Å². The lowest BCUT2D eigenvalue weighted by Crippen LogP contribution is -2.39. The predicted molar refractivity (Wildman–Crippen MR) is 31.4 cm³/mol. The minimum Gasteiger partial charge on any atom is -0.328 e. The maximum atomic E-state index is 10.5. The summed E-state index contributed by atoms with van der Waals surface area (Å²) in [5.74, 6) is 0.594. The van der Waals surface area contributed by atoms with Gasteiger partial charge >= 0.3 is 0 Å². The monoisotopic (exact) mass is 113 g/mol. The number of ketones is 1. The highest BCUT2D eigenvalue weighted by Gasteiger charge is 2.28. The van der Waals surface area contributed by atoms with Gasteiger partial charge < -0.3 is 5.73 Å². The van der Waals surface area contributed by atoms with Crippen LogP contribution in [0, 0.1) is 5.92 Å². The first-order chi connectivity index (χ1) is 3.70. The molecule has 0 saturated heterocycles. The molecule has 2 N–H and O–H groups in total. The molecule has 0 atom stereocenters. The van der Waals surface area contributed by atoms with E-state index in [4.69, 9.17) is 5.73 Å². The average Bonchev–Trinajstić information content (AvgIpc) is 1.57. The van der Waals surface area contributed by atoms with E-state index in [0.717, 1.165) is 12.8 Å². The molecule has 2 heteroatoms. The largest absolute Gasteiger partial charge is 0.328 e. The summed E-state index contributed by atoms with van der Waals surface area (Å²) >= 11 is 0. The third kappa shape index (κ3) is 0.892. The fourth-order valence-electron chi connectivity index (χ4n) is 0.994. The Morgan fingerprint density at radius 3 is 2.25 bits per heavy atom. The summed E-state index contributed by atoms with van der Waals surface area (Å²) in [6.07, 6.45) is 1.82. The van der Waals surface area contributed by atoms with E-state index in [2.05, 4.69) is 0 Å². The molecule has 1 fully saturated rings. The second-order valence-electron chi connectivity index (χ2n) is 2.54. The molecule has 0 radical (unpaired) electrons. The van der Waals surface area contributed by atoms with E-state index >= 15 is 0 Å². The second kappa shape index (κ2) is 1.86. The van der Waals surface area contributed by atoms with Crippen LogP contribution in [0.1, 0.15) is 19.8 Å². The number of nitrogens with two attached hydrogens (primary N) is 1. The van der Waals surface area contributed by atoms with Crippen molar-refractivity contribution in [3.63, 3.8) is 0 Å². The molecule has 0 aromatic carbocycles. The Labute approximate surface area is 49.1 Å². The zero-order chi connectivity index (χ0) is 6.15. The quantitative estimate of drug-likeness (QED) is 0.532. The van der Waals surface area contributed by atoms with Gasteiger partial charge in [0.1, 0.15) is 5.78 Å². The molecule has 1 rings (SSSR count). The van der Waals surface area contributed by atoms with Crippen LogP contribution in [0.15, 0.2) is 0 Å². The van der Waals surface area contributed by atoms with Crippen LogP contribution >= 0.6 is 0 Å². The molecule has 1 aliphatic carbocycles. The summed E-state index contributed by atoms with van der Waals surface area (Å²) in [4.78, 5) is 10.5. The van der Waals surface area contributed by atoms with Gasteiger partial charge in [0, 0.05) is 12.0 Å². The molecule has 0 unspecified atom stereocenters. The summed E-state index contributed by atoms with van der Waals surface area (Å²) < 4.78 is 0.